The molecular formula is C15H18N3O16P3. The molecule has 0 bridgehead atoms. The van der Waals surface area contributed by atoms with E-state index in [1.807, 2.05) is 4.98 Å². The molecule has 1 aliphatic rings. The van der Waals surface area contributed by atoms with Gasteiger partial charge in [0.15, 0.2) is 0 Å². The van der Waals surface area contributed by atoms with Gasteiger partial charge in [-0.25, -0.2) is 18.5 Å². The summed E-state index contributed by atoms with van der Waals surface area (Å²) >= 11 is 0. The summed E-state index contributed by atoms with van der Waals surface area (Å²) in [6.07, 6.45) is -3.44. The lowest BCUT2D eigenvalue weighted by atomic mass is 10.1. The molecule has 1 aromatic heterocycles. The predicted octanol–water partition coefficient (Wildman–Crippen LogP) is 0.103. The third-order valence-corrected chi connectivity index (χ3v) is 8.47. The van der Waals surface area contributed by atoms with Crippen LogP contribution in [0.3, 0.4) is 0 Å². The maximum Gasteiger partial charge on any atom is 0.490 e. The number of non-ortho nitro benzene ring substituents is 1. The van der Waals surface area contributed by atoms with Crippen LogP contribution in [0, 0.1) is 10.1 Å². The van der Waals surface area contributed by atoms with E-state index in [9.17, 15) is 43.4 Å². The van der Waals surface area contributed by atoms with E-state index in [2.05, 4.69) is 13.1 Å². The van der Waals surface area contributed by atoms with Crippen molar-refractivity contribution in [2.45, 2.75) is 24.9 Å². The minimum atomic E-state index is -5.75. The van der Waals surface area contributed by atoms with Crippen molar-refractivity contribution in [3.05, 3.63) is 61.4 Å². The number of aliphatic hydroxyl groups excluding tert-OH is 1. The first kappa shape index (κ1) is 29.2. The van der Waals surface area contributed by atoms with Gasteiger partial charge in [0.1, 0.15) is 12.3 Å². The van der Waals surface area contributed by atoms with Crippen LogP contribution in [0.25, 0.3) is 11.1 Å². The number of phosphoric acid groups is 3. The molecule has 2 unspecified atom stereocenters. The van der Waals surface area contributed by atoms with E-state index in [-0.39, 0.29) is 23.2 Å². The number of aromatic amines is 1. The molecule has 0 aliphatic carbocycles. The maximum absolute atomic E-state index is 12.4. The highest BCUT2D eigenvalue weighted by Crippen LogP contribution is 2.66. The van der Waals surface area contributed by atoms with Crippen molar-refractivity contribution in [3.63, 3.8) is 0 Å². The van der Waals surface area contributed by atoms with Crippen molar-refractivity contribution in [1.29, 1.82) is 0 Å². The summed E-state index contributed by atoms with van der Waals surface area (Å²) < 4.78 is 51.8. The van der Waals surface area contributed by atoms with Crippen LogP contribution in [0.15, 0.2) is 40.1 Å². The van der Waals surface area contributed by atoms with Crippen LogP contribution in [0.2, 0.25) is 0 Å². The van der Waals surface area contributed by atoms with Crippen molar-refractivity contribution in [2.24, 2.45) is 0 Å². The SMILES string of the molecule is O=c1[nH]c(=O)n([C@H]2C[C@H](O)[C@@H](COP(=O)(O)OP(=O)(O)OP(=O)(O)O)O2)cc1-c1cccc([N+](=O)[O-])c1. The van der Waals surface area contributed by atoms with Gasteiger partial charge in [-0.2, -0.15) is 8.62 Å². The van der Waals surface area contributed by atoms with E-state index in [4.69, 9.17) is 19.4 Å². The summed E-state index contributed by atoms with van der Waals surface area (Å²) in [7, 11) is -16.8. The molecule has 2 heterocycles. The van der Waals surface area contributed by atoms with Gasteiger partial charge in [-0.15, -0.1) is 0 Å². The Labute approximate surface area is 204 Å². The van der Waals surface area contributed by atoms with Crippen molar-refractivity contribution in [3.8, 4) is 11.1 Å². The van der Waals surface area contributed by atoms with Crippen LogP contribution in [0.4, 0.5) is 5.69 Å². The number of nitro benzene ring substituents is 1. The molecule has 5 atom stereocenters. The Kier molecular flexibility index (Phi) is 8.51. The number of hydrogen-bond donors (Lipinski definition) is 6. The van der Waals surface area contributed by atoms with Crippen molar-refractivity contribution >= 4 is 29.2 Å². The van der Waals surface area contributed by atoms with E-state index in [0.717, 1.165) is 16.8 Å². The zero-order valence-electron chi connectivity index (χ0n) is 18.0. The largest absolute Gasteiger partial charge is 0.490 e. The number of aliphatic hydroxyl groups is 1. The number of ether oxygens (including phenoxy) is 1. The quantitative estimate of drug-likeness (QED) is 0.122. The highest BCUT2D eigenvalue weighted by atomic mass is 31.3. The second kappa shape index (κ2) is 10.8. The summed E-state index contributed by atoms with van der Waals surface area (Å²) in [6.45, 7) is -0.975. The number of hydrogen-bond acceptors (Lipinski definition) is 12. The maximum atomic E-state index is 12.4. The van der Waals surface area contributed by atoms with Gasteiger partial charge in [0.2, 0.25) is 0 Å². The molecule has 22 heteroatoms. The van der Waals surface area contributed by atoms with Crippen LogP contribution in [0.1, 0.15) is 12.6 Å². The fraction of sp³-hybridized carbons (Fsp3) is 0.333. The number of phosphoric ester groups is 1. The minimum absolute atomic E-state index is 0.0898. The third kappa shape index (κ3) is 7.81. The zero-order chi connectivity index (χ0) is 27.8. The van der Waals surface area contributed by atoms with E-state index >= 15 is 0 Å². The molecule has 6 N–H and O–H groups in total. The molecule has 0 saturated carbocycles. The molecule has 3 rings (SSSR count). The van der Waals surface area contributed by atoms with Gasteiger partial charge >= 0.3 is 29.2 Å². The Hall–Kier alpha value is -2.37. The van der Waals surface area contributed by atoms with Crippen molar-refractivity contribution < 1.29 is 61.2 Å². The monoisotopic (exact) mass is 589 g/mol. The molecular weight excluding hydrogens is 571 g/mol. The van der Waals surface area contributed by atoms with Crippen LogP contribution in [-0.2, 0) is 31.6 Å². The average Bonchev–Trinajstić information content (AvgIpc) is 3.10. The van der Waals surface area contributed by atoms with Crippen molar-refractivity contribution in [1.82, 2.24) is 9.55 Å². The summed E-state index contributed by atoms with van der Waals surface area (Å²) in [5, 5.41) is 21.2. The Morgan fingerprint density at radius 2 is 1.81 bits per heavy atom. The van der Waals surface area contributed by atoms with Gasteiger partial charge in [0.05, 0.1) is 23.2 Å². The number of rotatable bonds is 10. The molecule has 19 nitrogen and oxygen atoms in total. The van der Waals surface area contributed by atoms with Gasteiger partial charge in [0.25, 0.3) is 11.2 Å². The standard InChI is InChI=1S/C15H18N3O16P3/c19-11-5-13(32-12(11)7-31-36(27,28)34-37(29,30)33-35(24,25)26)17-6-10(14(20)16-15(17)21)8-2-1-3-9(4-8)18(22)23/h1-4,6,11-13,19H,5,7H2,(H,27,28)(H,29,30)(H,16,20,21)(H2,24,25,26)/t11-,12+,13+/m0/s1. The number of nitrogens with one attached hydrogen (secondary N) is 1. The fourth-order valence-electron chi connectivity index (χ4n) is 3.20. The first-order valence-electron chi connectivity index (χ1n) is 9.68. The van der Waals surface area contributed by atoms with Crippen LogP contribution in [0.5, 0.6) is 0 Å². The Morgan fingerprint density at radius 3 is 2.43 bits per heavy atom. The average molecular weight is 589 g/mol. The zero-order valence-corrected chi connectivity index (χ0v) is 20.7. The van der Waals surface area contributed by atoms with Gasteiger partial charge < -0.3 is 29.4 Å². The number of benzene rings is 1. The van der Waals surface area contributed by atoms with E-state index in [1.165, 1.54) is 18.2 Å². The van der Waals surface area contributed by atoms with E-state index < -0.39 is 64.7 Å². The first-order valence-corrected chi connectivity index (χ1v) is 14.2. The van der Waals surface area contributed by atoms with Gasteiger partial charge in [-0.3, -0.25) is 29.0 Å². The molecule has 0 radical (unpaired) electrons. The molecule has 37 heavy (non-hydrogen) atoms. The van der Waals surface area contributed by atoms with E-state index in [0.29, 0.717) is 0 Å². The summed E-state index contributed by atoms with van der Waals surface area (Å²) in [5.41, 5.74) is -2.24. The normalized spacial score (nSPS) is 23.3. The second-order valence-corrected chi connectivity index (χ2v) is 11.8. The Bertz CT molecular complexity index is 1450. The van der Waals surface area contributed by atoms with Crippen LogP contribution in [-0.4, -0.2) is 58.0 Å². The second-order valence-electron chi connectivity index (χ2n) is 7.34. The number of nitrogens with zero attached hydrogens (tertiary/aromatic N) is 2. The molecule has 0 amide bonds. The van der Waals surface area contributed by atoms with Gasteiger partial charge in [0, 0.05) is 24.8 Å². The smallest absolute Gasteiger partial charge is 0.390 e. The van der Waals surface area contributed by atoms with Crippen LogP contribution < -0.4 is 11.2 Å². The Balaban J connectivity index is 1.76. The van der Waals surface area contributed by atoms with Gasteiger partial charge in [-0.05, 0) is 5.56 Å². The number of aromatic nitrogens is 2. The number of nitro groups is 1. The third-order valence-electron chi connectivity index (χ3n) is 4.67. The molecule has 1 aromatic carbocycles. The highest BCUT2D eigenvalue weighted by molar-refractivity contribution is 7.66. The summed E-state index contributed by atoms with van der Waals surface area (Å²) in [4.78, 5) is 72.8. The first-order chi connectivity index (χ1) is 17.0. The molecule has 2 aromatic rings. The fourth-order valence-corrected chi connectivity index (χ4v) is 6.23. The summed E-state index contributed by atoms with van der Waals surface area (Å²) in [6, 6.07) is 4.97. The van der Waals surface area contributed by atoms with E-state index in [1.54, 1.807) is 0 Å². The lowest BCUT2D eigenvalue weighted by Crippen LogP contribution is -2.33. The Morgan fingerprint density at radius 1 is 1.14 bits per heavy atom. The molecule has 0 spiro atoms. The lowest BCUT2D eigenvalue weighted by Gasteiger charge is -2.19. The van der Waals surface area contributed by atoms with Gasteiger partial charge in [-0.1, -0.05) is 12.1 Å². The topological polar surface area (TPSA) is 287 Å². The molecule has 204 valence electrons. The van der Waals surface area contributed by atoms with Crippen LogP contribution >= 0.6 is 23.5 Å². The molecule has 1 aliphatic heterocycles. The highest BCUT2D eigenvalue weighted by Gasteiger charge is 2.43. The lowest BCUT2D eigenvalue weighted by molar-refractivity contribution is -0.384. The predicted molar refractivity (Wildman–Crippen MR) is 118 cm³/mol. The summed E-state index contributed by atoms with van der Waals surface area (Å²) in [5.74, 6) is 0. The minimum Gasteiger partial charge on any atom is -0.390 e. The van der Waals surface area contributed by atoms with Crippen molar-refractivity contribution in [2.75, 3.05) is 6.61 Å². The molecule has 1 saturated heterocycles. The molecule has 1 fully saturated rings. The number of H-pyrrole nitrogens is 1.